The van der Waals surface area contributed by atoms with Gasteiger partial charge in [0.15, 0.2) is 5.82 Å². The Bertz CT molecular complexity index is 1660. The molecule has 6 N–H and O–H groups in total. The van der Waals surface area contributed by atoms with Crippen molar-refractivity contribution >= 4 is 28.5 Å². The summed E-state index contributed by atoms with van der Waals surface area (Å²) in [7, 11) is 1.67. The number of aromatic nitrogens is 3. The lowest BCUT2D eigenvalue weighted by Gasteiger charge is -2.19. The number of nitrogens with one attached hydrogen (secondary N) is 2. The molecule has 0 radical (unpaired) electrons. The van der Waals surface area contributed by atoms with E-state index in [-0.39, 0.29) is 17.1 Å². The van der Waals surface area contributed by atoms with Crippen LogP contribution < -0.4 is 22.5 Å². The van der Waals surface area contributed by atoms with Crippen molar-refractivity contribution in [3.8, 4) is 16.9 Å². The fraction of sp³-hybridized carbons (Fsp3) is 0.424. The normalized spacial score (nSPS) is 15.2. The van der Waals surface area contributed by atoms with Crippen molar-refractivity contribution in [1.82, 2.24) is 19.9 Å². The average molecular weight is 622 g/mol. The molecule has 0 amide bonds. The second kappa shape index (κ2) is 14.5. The number of aromatic amines is 1. The first-order valence-electron chi connectivity index (χ1n) is 15.2. The van der Waals surface area contributed by atoms with Crippen LogP contribution in [0.1, 0.15) is 56.2 Å². The first kappa shape index (κ1) is 31.8. The zero-order valence-corrected chi connectivity index (χ0v) is 26.0. The zero-order valence-electron chi connectivity index (χ0n) is 25.3. The number of hydrogen-bond acceptors (Lipinski definition) is 6. The van der Waals surface area contributed by atoms with Crippen molar-refractivity contribution in [2.24, 2.45) is 22.4 Å². The first-order chi connectivity index (χ1) is 21.2. The van der Waals surface area contributed by atoms with Gasteiger partial charge in [0.1, 0.15) is 5.65 Å². The van der Waals surface area contributed by atoms with Gasteiger partial charge in [-0.15, -0.1) is 0 Å². The highest BCUT2D eigenvalue weighted by Gasteiger charge is 2.27. The van der Waals surface area contributed by atoms with Gasteiger partial charge in [-0.25, -0.2) is 9.18 Å². The molecule has 1 aliphatic rings. The maximum absolute atomic E-state index is 15.2. The standard InChI is InChI=1S/C33H41ClFN7O2/c1-20(36)38-13-4-14-39-30(19-44-2)23-9-11-25(12-10-23)42-18-24-17-29(40-32(24)41-33(42)43)26-15-21(16-27(34)31(26)35)5-3-6-28(37)22-7-8-22/h9-12,15-18,22,28,30,39H,3-8,13-14,19,37H2,1-2H3,(H2,36,38)(H,40,41,43). The van der Waals surface area contributed by atoms with E-state index in [9.17, 15) is 4.79 Å². The van der Waals surface area contributed by atoms with Crippen molar-refractivity contribution in [3.63, 3.8) is 0 Å². The predicted octanol–water partition coefficient (Wildman–Crippen LogP) is 5.28. The Morgan fingerprint density at radius 2 is 2.02 bits per heavy atom. The number of benzene rings is 2. The first-order valence-corrected chi connectivity index (χ1v) is 15.6. The summed E-state index contributed by atoms with van der Waals surface area (Å²) in [6.45, 7) is 3.69. The number of nitrogens with two attached hydrogens (primary N) is 2. The van der Waals surface area contributed by atoms with Gasteiger partial charge in [0, 0.05) is 36.8 Å². The van der Waals surface area contributed by atoms with Crippen molar-refractivity contribution in [3.05, 3.63) is 81.1 Å². The van der Waals surface area contributed by atoms with Crippen molar-refractivity contribution < 1.29 is 9.13 Å². The molecule has 2 atom stereocenters. The zero-order chi connectivity index (χ0) is 31.2. The maximum atomic E-state index is 15.2. The van der Waals surface area contributed by atoms with Crippen LogP contribution in [-0.2, 0) is 11.2 Å². The van der Waals surface area contributed by atoms with E-state index in [2.05, 4.69) is 20.3 Å². The number of aliphatic imine (C=N–C) groups is 1. The molecule has 234 valence electrons. The number of methoxy groups -OCH3 is 1. The number of H-pyrrole nitrogens is 1. The number of amidine groups is 1. The third-order valence-corrected chi connectivity index (χ3v) is 8.39. The molecule has 1 saturated carbocycles. The maximum Gasteiger partial charge on any atom is 0.354 e. The van der Waals surface area contributed by atoms with Crippen LogP contribution in [0.25, 0.3) is 28.0 Å². The molecule has 1 aliphatic carbocycles. The van der Waals surface area contributed by atoms with E-state index in [1.165, 1.54) is 17.4 Å². The van der Waals surface area contributed by atoms with Crippen LogP contribution in [-0.4, -0.2) is 53.2 Å². The summed E-state index contributed by atoms with van der Waals surface area (Å²) in [5.74, 6) is 0.720. The summed E-state index contributed by atoms with van der Waals surface area (Å²) in [6.07, 6.45) is 7.62. The lowest BCUT2D eigenvalue weighted by Crippen LogP contribution is -2.27. The van der Waals surface area contributed by atoms with Crippen LogP contribution in [0.5, 0.6) is 0 Å². The Morgan fingerprint density at radius 1 is 1.25 bits per heavy atom. The lowest BCUT2D eigenvalue weighted by atomic mass is 10.00. The third kappa shape index (κ3) is 7.92. The number of aryl methyl sites for hydroxylation is 1. The molecule has 0 bridgehead atoms. The minimum absolute atomic E-state index is 0.0195. The van der Waals surface area contributed by atoms with E-state index in [0.717, 1.165) is 43.4 Å². The van der Waals surface area contributed by atoms with Crippen LogP contribution in [0.3, 0.4) is 0 Å². The number of nitrogens with zero attached hydrogens (tertiary/aromatic N) is 3. The van der Waals surface area contributed by atoms with Gasteiger partial charge >= 0.3 is 5.69 Å². The number of rotatable bonds is 15. The monoisotopic (exact) mass is 621 g/mol. The van der Waals surface area contributed by atoms with Gasteiger partial charge in [0.25, 0.3) is 0 Å². The molecule has 0 spiro atoms. The van der Waals surface area contributed by atoms with E-state index >= 15 is 4.39 Å². The summed E-state index contributed by atoms with van der Waals surface area (Å²) in [6, 6.07) is 13.2. The number of halogens is 2. The van der Waals surface area contributed by atoms with Gasteiger partial charge in [-0.1, -0.05) is 23.7 Å². The fourth-order valence-corrected chi connectivity index (χ4v) is 5.77. The second-order valence-electron chi connectivity index (χ2n) is 11.6. The van der Waals surface area contributed by atoms with Crippen LogP contribution in [0.4, 0.5) is 4.39 Å². The van der Waals surface area contributed by atoms with E-state index in [1.54, 1.807) is 32.4 Å². The van der Waals surface area contributed by atoms with E-state index in [1.807, 2.05) is 30.3 Å². The fourth-order valence-electron chi connectivity index (χ4n) is 5.53. The Kier molecular flexibility index (Phi) is 10.5. The molecule has 4 aromatic rings. The minimum atomic E-state index is -0.510. The summed E-state index contributed by atoms with van der Waals surface area (Å²) in [4.78, 5) is 24.6. The van der Waals surface area contributed by atoms with Crippen molar-refractivity contribution in [2.45, 2.75) is 57.5 Å². The number of hydrogen-bond donors (Lipinski definition) is 4. The lowest BCUT2D eigenvalue weighted by molar-refractivity contribution is 0.167. The van der Waals surface area contributed by atoms with Gasteiger partial charge in [-0.3, -0.25) is 9.56 Å². The van der Waals surface area contributed by atoms with Gasteiger partial charge in [-0.05, 0) is 99.4 Å². The van der Waals surface area contributed by atoms with Crippen molar-refractivity contribution in [1.29, 1.82) is 0 Å². The topological polar surface area (TPSA) is 136 Å². The summed E-state index contributed by atoms with van der Waals surface area (Å²) in [5.41, 5.74) is 15.3. The molecule has 1 fully saturated rings. The average Bonchev–Trinajstić information content (AvgIpc) is 3.78. The molecule has 5 rings (SSSR count). The van der Waals surface area contributed by atoms with E-state index < -0.39 is 11.5 Å². The second-order valence-corrected chi connectivity index (χ2v) is 12.1. The van der Waals surface area contributed by atoms with Crippen LogP contribution >= 0.6 is 11.6 Å². The third-order valence-electron chi connectivity index (χ3n) is 8.11. The predicted molar refractivity (Wildman–Crippen MR) is 175 cm³/mol. The molecule has 2 aromatic heterocycles. The highest BCUT2D eigenvalue weighted by Crippen LogP contribution is 2.34. The van der Waals surface area contributed by atoms with Crippen LogP contribution in [0.2, 0.25) is 5.02 Å². The molecule has 2 heterocycles. The largest absolute Gasteiger partial charge is 0.388 e. The molecule has 0 aliphatic heterocycles. The Hall–Kier alpha value is -3.57. The number of fused-ring (bicyclic) bond motifs is 1. The molecule has 0 saturated heterocycles. The van der Waals surface area contributed by atoms with Crippen LogP contribution in [0.15, 0.2) is 58.4 Å². The SMILES string of the molecule is COCC(NCCCN=C(C)N)c1ccc(-n2cc3cc(-c4cc(CCCC(N)C5CC5)cc(Cl)c4F)[nH]c3nc2=O)cc1. The molecular weight excluding hydrogens is 581 g/mol. The van der Waals surface area contributed by atoms with Crippen molar-refractivity contribution in [2.75, 3.05) is 26.8 Å². The van der Waals surface area contributed by atoms with Gasteiger partial charge < -0.3 is 26.5 Å². The molecule has 2 unspecified atom stereocenters. The summed E-state index contributed by atoms with van der Waals surface area (Å²) < 4.78 is 22.1. The Labute approximate surface area is 261 Å². The molecule has 11 heteroatoms. The minimum Gasteiger partial charge on any atom is -0.388 e. The van der Waals surface area contributed by atoms with E-state index in [4.69, 9.17) is 27.8 Å². The van der Waals surface area contributed by atoms with Crippen LogP contribution in [0, 0.1) is 11.7 Å². The highest BCUT2D eigenvalue weighted by molar-refractivity contribution is 6.31. The quantitative estimate of drug-likeness (QED) is 0.0810. The highest BCUT2D eigenvalue weighted by atomic mass is 35.5. The molecule has 44 heavy (non-hydrogen) atoms. The van der Waals surface area contributed by atoms with Gasteiger partial charge in [-0.2, -0.15) is 4.98 Å². The van der Waals surface area contributed by atoms with Gasteiger partial charge in [0.05, 0.1) is 34.9 Å². The number of ether oxygens (including phenoxy) is 1. The Balaban J connectivity index is 1.33. The summed E-state index contributed by atoms with van der Waals surface area (Å²) in [5, 5.41) is 4.23. The molecular formula is C33H41ClFN7O2. The van der Waals surface area contributed by atoms with E-state index in [0.29, 0.717) is 52.9 Å². The Morgan fingerprint density at radius 3 is 2.73 bits per heavy atom. The smallest absolute Gasteiger partial charge is 0.354 e. The summed E-state index contributed by atoms with van der Waals surface area (Å²) >= 11 is 6.30. The molecule has 9 nitrogen and oxygen atoms in total. The molecule has 2 aromatic carbocycles. The van der Waals surface area contributed by atoms with Gasteiger partial charge in [0.2, 0.25) is 0 Å².